The Morgan fingerprint density at radius 1 is 0.972 bits per heavy atom. The predicted molar refractivity (Wildman–Crippen MR) is 149 cm³/mol. The van der Waals surface area contributed by atoms with E-state index in [1.807, 2.05) is 75.9 Å². The summed E-state index contributed by atoms with van der Waals surface area (Å²) in [7, 11) is 1.64. The molecule has 2 aromatic carbocycles. The fourth-order valence-electron chi connectivity index (χ4n) is 4.87. The smallest absolute Gasteiger partial charge is 0.306 e. The third-order valence-corrected chi connectivity index (χ3v) is 6.53. The highest BCUT2D eigenvalue weighted by Gasteiger charge is 2.26. The van der Waals surface area contributed by atoms with E-state index in [1.54, 1.807) is 7.11 Å². The lowest BCUT2D eigenvalue weighted by atomic mass is 9.92. The summed E-state index contributed by atoms with van der Waals surface area (Å²) in [5.41, 5.74) is 1.48. The summed E-state index contributed by atoms with van der Waals surface area (Å²) >= 11 is 0. The SMILES string of the molecule is CCCCCC[C@@H](/C=C/c1ccc2cccc(OC)c2c1C(=O)N(C(C)C)C(C)C)CC(=O)OCC. The van der Waals surface area contributed by atoms with Gasteiger partial charge in [-0.05, 0) is 64.0 Å². The van der Waals surface area contributed by atoms with Crippen LogP contribution in [0.3, 0.4) is 0 Å². The molecule has 0 aliphatic carbocycles. The predicted octanol–water partition coefficient (Wildman–Crippen LogP) is 7.66. The molecular weight excluding hydrogens is 450 g/mol. The summed E-state index contributed by atoms with van der Waals surface area (Å²) in [6.07, 6.45) is 9.95. The Hall–Kier alpha value is -2.82. The van der Waals surface area contributed by atoms with Gasteiger partial charge in [0.1, 0.15) is 5.75 Å². The number of carbonyl (C=O) groups excluding carboxylic acids is 2. The van der Waals surface area contributed by atoms with Crippen LogP contribution in [-0.4, -0.2) is 42.6 Å². The number of methoxy groups -OCH3 is 1. The molecule has 0 unspecified atom stereocenters. The quantitative estimate of drug-likeness (QED) is 0.199. The minimum atomic E-state index is -0.176. The normalized spacial score (nSPS) is 12.5. The second-order valence-electron chi connectivity index (χ2n) is 9.97. The van der Waals surface area contributed by atoms with Gasteiger partial charge in [-0.2, -0.15) is 0 Å². The van der Waals surface area contributed by atoms with Crippen LogP contribution in [0.2, 0.25) is 0 Å². The largest absolute Gasteiger partial charge is 0.496 e. The molecule has 1 atom stereocenters. The van der Waals surface area contributed by atoms with Gasteiger partial charge in [0.2, 0.25) is 0 Å². The topological polar surface area (TPSA) is 55.8 Å². The molecule has 0 aliphatic rings. The average molecular weight is 496 g/mol. The van der Waals surface area contributed by atoms with Gasteiger partial charge in [-0.15, -0.1) is 0 Å². The molecule has 0 aliphatic heterocycles. The lowest BCUT2D eigenvalue weighted by molar-refractivity contribution is -0.143. The molecule has 0 N–H and O–H groups in total. The van der Waals surface area contributed by atoms with Crippen LogP contribution in [0.1, 0.15) is 96.0 Å². The molecule has 0 fully saturated rings. The van der Waals surface area contributed by atoms with Gasteiger partial charge in [-0.3, -0.25) is 9.59 Å². The first-order valence-electron chi connectivity index (χ1n) is 13.5. The number of rotatable bonds is 14. The monoisotopic (exact) mass is 495 g/mol. The van der Waals surface area contributed by atoms with Crippen LogP contribution < -0.4 is 4.74 Å². The number of nitrogens with zero attached hydrogens (tertiary/aromatic N) is 1. The number of ether oxygens (including phenoxy) is 2. The van der Waals surface area contributed by atoms with Gasteiger partial charge in [0.25, 0.3) is 5.91 Å². The van der Waals surface area contributed by atoms with Crippen molar-refractivity contribution in [3.63, 3.8) is 0 Å². The molecule has 5 heteroatoms. The van der Waals surface area contributed by atoms with Gasteiger partial charge in [-0.25, -0.2) is 0 Å². The number of carbonyl (C=O) groups is 2. The van der Waals surface area contributed by atoms with Crippen molar-refractivity contribution in [2.24, 2.45) is 5.92 Å². The number of amides is 1. The van der Waals surface area contributed by atoms with E-state index in [9.17, 15) is 9.59 Å². The lowest BCUT2D eigenvalue weighted by Crippen LogP contribution is -2.42. The number of unbranched alkanes of at least 4 members (excludes halogenated alkanes) is 3. The molecule has 2 rings (SSSR count). The van der Waals surface area contributed by atoms with Crippen LogP contribution in [0.5, 0.6) is 5.75 Å². The molecular formula is C31H45NO4. The van der Waals surface area contributed by atoms with Gasteiger partial charge in [0.15, 0.2) is 0 Å². The van der Waals surface area contributed by atoms with E-state index < -0.39 is 0 Å². The highest BCUT2D eigenvalue weighted by Crippen LogP contribution is 2.34. The minimum absolute atomic E-state index is 0.0142. The zero-order valence-electron chi connectivity index (χ0n) is 23.3. The van der Waals surface area contributed by atoms with Crippen LogP contribution in [0.25, 0.3) is 16.8 Å². The highest BCUT2D eigenvalue weighted by atomic mass is 16.5. The molecule has 36 heavy (non-hydrogen) atoms. The van der Waals surface area contributed by atoms with Gasteiger partial charge >= 0.3 is 5.97 Å². The van der Waals surface area contributed by atoms with Gasteiger partial charge in [-0.1, -0.05) is 69.0 Å². The first-order valence-corrected chi connectivity index (χ1v) is 13.5. The van der Waals surface area contributed by atoms with Gasteiger partial charge in [0, 0.05) is 17.5 Å². The Kier molecular flexibility index (Phi) is 12.0. The maximum atomic E-state index is 14.0. The number of hydrogen-bond acceptors (Lipinski definition) is 4. The number of hydrogen-bond donors (Lipinski definition) is 0. The first-order chi connectivity index (χ1) is 17.2. The number of fused-ring (bicyclic) bond motifs is 1. The van der Waals surface area contributed by atoms with Crippen LogP contribution >= 0.6 is 0 Å². The Labute approximate surface area is 217 Å². The van der Waals surface area contributed by atoms with Crippen molar-refractivity contribution in [3.8, 4) is 5.75 Å². The van der Waals surface area contributed by atoms with Gasteiger partial charge < -0.3 is 14.4 Å². The lowest BCUT2D eigenvalue weighted by Gasteiger charge is -2.32. The summed E-state index contributed by atoms with van der Waals surface area (Å²) in [5.74, 6) is 0.550. The number of allylic oxidation sites excluding steroid dienone is 1. The van der Waals surface area contributed by atoms with Crippen LogP contribution in [0.4, 0.5) is 0 Å². The van der Waals surface area contributed by atoms with Crippen LogP contribution in [0.15, 0.2) is 36.4 Å². The van der Waals surface area contributed by atoms with Crippen LogP contribution in [-0.2, 0) is 9.53 Å². The second-order valence-corrected chi connectivity index (χ2v) is 9.97. The van der Waals surface area contributed by atoms with Crippen molar-refractivity contribution in [1.82, 2.24) is 4.90 Å². The summed E-state index contributed by atoms with van der Waals surface area (Å²) in [6.45, 7) is 12.6. The maximum Gasteiger partial charge on any atom is 0.306 e. The number of esters is 1. The average Bonchev–Trinajstić information content (AvgIpc) is 2.83. The van der Waals surface area contributed by atoms with Crippen molar-refractivity contribution >= 4 is 28.7 Å². The fourth-order valence-corrected chi connectivity index (χ4v) is 4.87. The molecule has 2 aromatic rings. The third kappa shape index (κ3) is 7.84. The Morgan fingerprint density at radius 2 is 1.69 bits per heavy atom. The molecule has 1 amide bonds. The van der Waals surface area contributed by atoms with Crippen LogP contribution in [0, 0.1) is 5.92 Å². The maximum absolute atomic E-state index is 14.0. The Morgan fingerprint density at radius 3 is 2.31 bits per heavy atom. The molecule has 5 nitrogen and oxygen atoms in total. The summed E-state index contributed by atoms with van der Waals surface area (Å²) < 4.78 is 10.9. The Bertz CT molecular complexity index is 1020. The van der Waals surface area contributed by atoms with E-state index in [4.69, 9.17) is 9.47 Å². The van der Waals surface area contributed by atoms with Crippen molar-refractivity contribution in [2.75, 3.05) is 13.7 Å². The van der Waals surface area contributed by atoms with E-state index >= 15 is 0 Å². The molecule has 198 valence electrons. The fraction of sp³-hybridized carbons (Fsp3) is 0.548. The molecule has 0 spiro atoms. The zero-order chi connectivity index (χ0) is 26.7. The highest BCUT2D eigenvalue weighted by molar-refractivity contribution is 6.12. The Balaban J connectivity index is 2.57. The van der Waals surface area contributed by atoms with Crippen molar-refractivity contribution in [2.45, 2.75) is 92.2 Å². The summed E-state index contributed by atoms with van der Waals surface area (Å²) in [5, 5.41) is 1.79. The van der Waals surface area contributed by atoms with Gasteiger partial charge in [0.05, 0.1) is 25.7 Å². The van der Waals surface area contributed by atoms with Crippen molar-refractivity contribution in [1.29, 1.82) is 0 Å². The van der Waals surface area contributed by atoms with E-state index in [0.717, 1.165) is 35.6 Å². The minimum Gasteiger partial charge on any atom is -0.496 e. The molecule has 0 saturated heterocycles. The molecule has 0 aromatic heterocycles. The molecule has 0 radical (unpaired) electrons. The molecule has 0 heterocycles. The van der Waals surface area contributed by atoms with E-state index in [0.29, 0.717) is 24.3 Å². The number of benzene rings is 2. The zero-order valence-corrected chi connectivity index (χ0v) is 23.3. The molecule has 0 saturated carbocycles. The van der Waals surface area contributed by atoms with E-state index in [2.05, 4.69) is 13.0 Å². The van der Waals surface area contributed by atoms with Crippen molar-refractivity contribution in [3.05, 3.63) is 47.5 Å². The molecule has 0 bridgehead atoms. The standard InChI is InChI=1S/C31H45NO4/c1-8-10-11-12-14-24(21-28(33)36-9-2)17-18-26-20-19-25-15-13-16-27(35-7)29(25)30(26)31(34)32(22(3)4)23(5)6/h13,15-20,22-24H,8-12,14,21H2,1-7H3/b18-17+/t24-/m0/s1. The second kappa shape index (κ2) is 14.7. The van der Waals surface area contributed by atoms with E-state index in [1.165, 1.54) is 12.8 Å². The third-order valence-electron chi connectivity index (χ3n) is 6.53. The summed E-state index contributed by atoms with van der Waals surface area (Å²) in [6, 6.07) is 9.99. The first kappa shape index (κ1) is 29.4. The van der Waals surface area contributed by atoms with E-state index in [-0.39, 0.29) is 29.9 Å². The summed E-state index contributed by atoms with van der Waals surface area (Å²) in [4.78, 5) is 28.3. The van der Waals surface area contributed by atoms with Crippen molar-refractivity contribution < 1.29 is 19.1 Å².